The summed E-state index contributed by atoms with van der Waals surface area (Å²) in [4.78, 5) is 33.4. The SMILES string of the molecule is Cc1nc(C(C)C)[nH]c(=O)c1C(=O)N(CCCO)C(C)C. The van der Waals surface area contributed by atoms with Crippen LogP contribution in [0.5, 0.6) is 0 Å². The quantitative estimate of drug-likeness (QED) is 0.831. The number of carbonyl (C=O) groups is 1. The van der Waals surface area contributed by atoms with Crippen LogP contribution in [0.15, 0.2) is 4.79 Å². The summed E-state index contributed by atoms with van der Waals surface area (Å²) in [6.45, 7) is 9.73. The van der Waals surface area contributed by atoms with E-state index < -0.39 is 5.56 Å². The Bertz CT molecular complexity index is 550. The minimum Gasteiger partial charge on any atom is -0.396 e. The maximum absolute atomic E-state index is 12.6. The first-order valence-electron chi connectivity index (χ1n) is 7.32. The molecule has 0 spiro atoms. The first-order chi connectivity index (χ1) is 9.79. The molecule has 0 aliphatic carbocycles. The van der Waals surface area contributed by atoms with Crippen molar-refractivity contribution >= 4 is 5.91 Å². The van der Waals surface area contributed by atoms with Crippen LogP contribution in [0.2, 0.25) is 0 Å². The van der Waals surface area contributed by atoms with E-state index in [-0.39, 0.29) is 30.0 Å². The van der Waals surface area contributed by atoms with Crippen LogP contribution in [0.1, 0.15) is 61.9 Å². The van der Waals surface area contributed by atoms with Crippen LogP contribution in [0.4, 0.5) is 0 Å². The van der Waals surface area contributed by atoms with E-state index in [1.807, 2.05) is 27.7 Å². The van der Waals surface area contributed by atoms with Gasteiger partial charge >= 0.3 is 0 Å². The van der Waals surface area contributed by atoms with Crippen LogP contribution >= 0.6 is 0 Å². The van der Waals surface area contributed by atoms with E-state index in [1.165, 1.54) is 0 Å². The lowest BCUT2D eigenvalue weighted by Gasteiger charge is -2.26. The molecule has 1 amide bonds. The molecule has 118 valence electrons. The summed E-state index contributed by atoms with van der Waals surface area (Å²) in [5.74, 6) is 0.344. The minimum atomic E-state index is -0.397. The normalized spacial score (nSPS) is 11.2. The predicted octanol–water partition coefficient (Wildman–Crippen LogP) is 1.43. The van der Waals surface area contributed by atoms with Crippen LogP contribution in [-0.2, 0) is 0 Å². The molecule has 1 aromatic heterocycles. The van der Waals surface area contributed by atoms with Crippen LogP contribution in [0.3, 0.4) is 0 Å². The molecular weight excluding hydrogens is 270 g/mol. The molecule has 0 fully saturated rings. The Morgan fingerprint density at radius 3 is 2.38 bits per heavy atom. The summed E-state index contributed by atoms with van der Waals surface area (Å²) in [7, 11) is 0. The van der Waals surface area contributed by atoms with Gasteiger partial charge in [-0.3, -0.25) is 9.59 Å². The van der Waals surface area contributed by atoms with Gasteiger partial charge in [0, 0.05) is 25.1 Å². The number of aliphatic hydroxyl groups excluding tert-OH is 1. The monoisotopic (exact) mass is 295 g/mol. The number of nitrogens with one attached hydrogen (secondary N) is 1. The average molecular weight is 295 g/mol. The van der Waals surface area contributed by atoms with Crippen molar-refractivity contribution in [3.05, 3.63) is 27.4 Å². The van der Waals surface area contributed by atoms with Gasteiger partial charge in [-0.05, 0) is 27.2 Å². The molecule has 0 unspecified atom stereocenters. The Kier molecular flexibility index (Phi) is 6.08. The van der Waals surface area contributed by atoms with Crippen molar-refractivity contribution in [1.82, 2.24) is 14.9 Å². The van der Waals surface area contributed by atoms with Gasteiger partial charge in [-0.1, -0.05) is 13.8 Å². The topological polar surface area (TPSA) is 86.3 Å². The van der Waals surface area contributed by atoms with E-state index in [4.69, 9.17) is 5.11 Å². The van der Waals surface area contributed by atoms with Gasteiger partial charge in [0.15, 0.2) is 0 Å². The van der Waals surface area contributed by atoms with Crippen molar-refractivity contribution < 1.29 is 9.90 Å². The van der Waals surface area contributed by atoms with Crippen molar-refractivity contribution in [2.45, 2.75) is 53.0 Å². The zero-order chi connectivity index (χ0) is 16.2. The second-order valence-corrected chi connectivity index (χ2v) is 5.74. The molecule has 0 radical (unpaired) electrons. The highest BCUT2D eigenvalue weighted by atomic mass is 16.3. The number of hydrogen-bond acceptors (Lipinski definition) is 4. The number of rotatable bonds is 6. The van der Waals surface area contributed by atoms with Gasteiger partial charge in [-0.2, -0.15) is 0 Å². The zero-order valence-corrected chi connectivity index (χ0v) is 13.4. The number of hydrogen-bond donors (Lipinski definition) is 2. The lowest BCUT2D eigenvalue weighted by molar-refractivity contribution is 0.0690. The molecular formula is C15H25N3O3. The molecule has 0 atom stereocenters. The Balaban J connectivity index is 3.19. The average Bonchev–Trinajstić information content (AvgIpc) is 2.37. The fourth-order valence-electron chi connectivity index (χ4n) is 2.11. The summed E-state index contributed by atoms with van der Waals surface area (Å²) in [5.41, 5.74) is 0.138. The van der Waals surface area contributed by atoms with Crippen LogP contribution < -0.4 is 5.56 Å². The van der Waals surface area contributed by atoms with Crippen molar-refractivity contribution in [3.8, 4) is 0 Å². The van der Waals surface area contributed by atoms with E-state index >= 15 is 0 Å². The third-order valence-corrected chi connectivity index (χ3v) is 3.32. The first kappa shape index (κ1) is 17.4. The molecule has 0 saturated heterocycles. The van der Waals surface area contributed by atoms with Crippen LogP contribution in [-0.4, -0.2) is 45.1 Å². The standard InChI is InChI=1S/C15H25N3O3/c1-9(2)13-16-11(5)12(14(20)17-13)15(21)18(10(3)4)7-6-8-19/h9-10,19H,6-8H2,1-5H3,(H,16,17,20). The van der Waals surface area contributed by atoms with Crippen molar-refractivity contribution in [1.29, 1.82) is 0 Å². The molecule has 0 aromatic carbocycles. The van der Waals surface area contributed by atoms with Gasteiger partial charge in [0.1, 0.15) is 11.4 Å². The Hall–Kier alpha value is -1.69. The maximum atomic E-state index is 12.6. The summed E-state index contributed by atoms with van der Waals surface area (Å²) in [6.07, 6.45) is 0.485. The largest absolute Gasteiger partial charge is 0.396 e. The molecule has 0 bridgehead atoms. The molecule has 21 heavy (non-hydrogen) atoms. The molecule has 1 aromatic rings. The summed E-state index contributed by atoms with van der Waals surface area (Å²) in [5, 5.41) is 8.94. The van der Waals surface area contributed by atoms with E-state index in [9.17, 15) is 9.59 Å². The molecule has 0 aliphatic rings. The summed E-state index contributed by atoms with van der Waals surface area (Å²) < 4.78 is 0. The zero-order valence-electron chi connectivity index (χ0n) is 13.4. The number of aryl methyl sites for hydroxylation is 1. The van der Waals surface area contributed by atoms with Crippen molar-refractivity contribution in [2.24, 2.45) is 0 Å². The maximum Gasteiger partial charge on any atom is 0.264 e. The molecule has 1 heterocycles. The lowest BCUT2D eigenvalue weighted by Crippen LogP contribution is -2.41. The molecule has 6 heteroatoms. The fourth-order valence-corrected chi connectivity index (χ4v) is 2.11. The number of nitrogens with zero attached hydrogens (tertiary/aromatic N) is 2. The van der Waals surface area contributed by atoms with Crippen LogP contribution in [0.25, 0.3) is 0 Å². The Labute approximate surface area is 125 Å². The van der Waals surface area contributed by atoms with Crippen molar-refractivity contribution in [2.75, 3.05) is 13.2 Å². The highest BCUT2D eigenvalue weighted by Crippen LogP contribution is 2.12. The highest BCUT2D eigenvalue weighted by Gasteiger charge is 2.24. The van der Waals surface area contributed by atoms with E-state index in [1.54, 1.807) is 11.8 Å². The molecule has 1 rings (SSSR count). The van der Waals surface area contributed by atoms with E-state index in [2.05, 4.69) is 9.97 Å². The number of aromatic nitrogens is 2. The molecule has 6 nitrogen and oxygen atoms in total. The number of aromatic amines is 1. The lowest BCUT2D eigenvalue weighted by atomic mass is 10.1. The third-order valence-electron chi connectivity index (χ3n) is 3.32. The van der Waals surface area contributed by atoms with Gasteiger partial charge < -0.3 is 15.0 Å². The van der Waals surface area contributed by atoms with Crippen LogP contribution in [0, 0.1) is 6.92 Å². The van der Waals surface area contributed by atoms with Gasteiger partial charge in [0.05, 0.1) is 5.69 Å². The number of amides is 1. The number of H-pyrrole nitrogens is 1. The highest BCUT2D eigenvalue weighted by molar-refractivity contribution is 5.95. The van der Waals surface area contributed by atoms with Gasteiger partial charge in [-0.15, -0.1) is 0 Å². The molecule has 0 aliphatic heterocycles. The Morgan fingerprint density at radius 1 is 1.33 bits per heavy atom. The summed E-state index contributed by atoms with van der Waals surface area (Å²) in [6, 6.07) is -0.0485. The van der Waals surface area contributed by atoms with Gasteiger partial charge in [0.25, 0.3) is 11.5 Å². The first-order valence-corrected chi connectivity index (χ1v) is 7.32. The number of carbonyl (C=O) groups excluding carboxylic acids is 1. The molecule has 0 saturated carbocycles. The van der Waals surface area contributed by atoms with E-state index in [0.717, 1.165) is 0 Å². The Morgan fingerprint density at radius 2 is 1.95 bits per heavy atom. The van der Waals surface area contributed by atoms with E-state index in [0.29, 0.717) is 24.5 Å². The predicted molar refractivity (Wildman–Crippen MR) is 81.6 cm³/mol. The summed E-state index contributed by atoms with van der Waals surface area (Å²) >= 11 is 0. The van der Waals surface area contributed by atoms with Crippen molar-refractivity contribution in [3.63, 3.8) is 0 Å². The fraction of sp³-hybridized carbons (Fsp3) is 0.667. The second kappa shape index (κ2) is 7.36. The van der Waals surface area contributed by atoms with Gasteiger partial charge in [0.2, 0.25) is 0 Å². The second-order valence-electron chi connectivity index (χ2n) is 5.74. The van der Waals surface area contributed by atoms with Gasteiger partial charge in [-0.25, -0.2) is 4.98 Å². The molecule has 2 N–H and O–H groups in total. The smallest absolute Gasteiger partial charge is 0.264 e. The third kappa shape index (κ3) is 4.14. The number of aliphatic hydroxyl groups is 1. The minimum absolute atomic E-state index is 0.0103.